The van der Waals surface area contributed by atoms with Crippen LogP contribution in [0.2, 0.25) is 0 Å². The standard InChI is InChI=1S/C16H18FNO/c1-19-16-5-3-2-4-15(16)13(11-18)10-12-6-8-14(17)9-7-12/h2-9,13H,10-11,18H2,1H3. The smallest absolute Gasteiger partial charge is 0.123 e. The maximum atomic E-state index is 12.9. The normalized spacial score (nSPS) is 12.2. The van der Waals surface area contributed by atoms with Gasteiger partial charge in [0, 0.05) is 5.92 Å². The van der Waals surface area contributed by atoms with Crippen molar-refractivity contribution >= 4 is 0 Å². The third-order valence-corrected chi connectivity index (χ3v) is 3.26. The van der Waals surface area contributed by atoms with E-state index < -0.39 is 0 Å². The molecule has 0 aliphatic heterocycles. The Morgan fingerprint density at radius 1 is 1.11 bits per heavy atom. The predicted molar refractivity (Wildman–Crippen MR) is 74.9 cm³/mol. The monoisotopic (exact) mass is 259 g/mol. The van der Waals surface area contributed by atoms with Crippen molar-refractivity contribution in [1.29, 1.82) is 0 Å². The van der Waals surface area contributed by atoms with Gasteiger partial charge in [0.1, 0.15) is 11.6 Å². The number of hydrogen-bond acceptors (Lipinski definition) is 2. The van der Waals surface area contributed by atoms with Crippen LogP contribution in [0.1, 0.15) is 17.0 Å². The summed E-state index contributed by atoms with van der Waals surface area (Å²) in [5.74, 6) is 0.798. The molecule has 3 heteroatoms. The number of methoxy groups -OCH3 is 1. The van der Waals surface area contributed by atoms with Gasteiger partial charge in [0.15, 0.2) is 0 Å². The Hall–Kier alpha value is -1.87. The number of benzene rings is 2. The molecular weight excluding hydrogens is 241 g/mol. The second-order valence-corrected chi connectivity index (χ2v) is 4.51. The highest BCUT2D eigenvalue weighted by Crippen LogP contribution is 2.28. The summed E-state index contributed by atoms with van der Waals surface area (Å²) in [4.78, 5) is 0. The van der Waals surface area contributed by atoms with Crippen LogP contribution in [-0.2, 0) is 6.42 Å². The number of halogens is 1. The molecule has 100 valence electrons. The molecule has 0 radical (unpaired) electrons. The number of ether oxygens (including phenoxy) is 1. The van der Waals surface area contributed by atoms with Gasteiger partial charge in [-0.2, -0.15) is 0 Å². The third-order valence-electron chi connectivity index (χ3n) is 3.26. The largest absolute Gasteiger partial charge is 0.496 e. The number of rotatable bonds is 5. The van der Waals surface area contributed by atoms with E-state index in [9.17, 15) is 4.39 Å². The molecule has 1 unspecified atom stereocenters. The Morgan fingerprint density at radius 3 is 2.42 bits per heavy atom. The van der Waals surface area contributed by atoms with E-state index in [0.29, 0.717) is 6.54 Å². The highest BCUT2D eigenvalue weighted by atomic mass is 19.1. The average Bonchev–Trinajstić information content (AvgIpc) is 2.46. The van der Waals surface area contributed by atoms with Gasteiger partial charge in [0.05, 0.1) is 7.11 Å². The first-order valence-corrected chi connectivity index (χ1v) is 6.32. The molecular formula is C16H18FNO. The summed E-state index contributed by atoms with van der Waals surface area (Å²) in [5.41, 5.74) is 8.04. The second kappa shape index (κ2) is 6.34. The Kier molecular flexibility index (Phi) is 4.53. The molecule has 0 aliphatic rings. The molecule has 2 aromatic carbocycles. The first-order chi connectivity index (χ1) is 9.24. The number of hydrogen-bond donors (Lipinski definition) is 1. The van der Waals surface area contributed by atoms with E-state index in [2.05, 4.69) is 0 Å². The molecule has 1 atom stereocenters. The van der Waals surface area contributed by atoms with Crippen LogP contribution in [0.5, 0.6) is 5.75 Å². The molecule has 0 bridgehead atoms. The first-order valence-electron chi connectivity index (χ1n) is 6.32. The van der Waals surface area contributed by atoms with E-state index in [1.165, 1.54) is 12.1 Å². The van der Waals surface area contributed by atoms with Gasteiger partial charge in [-0.1, -0.05) is 30.3 Å². The highest BCUT2D eigenvalue weighted by Gasteiger charge is 2.14. The molecule has 0 saturated carbocycles. The highest BCUT2D eigenvalue weighted by molar-refractivity contribution is 5.37. The van der Waals surface area contributed by atoms with Gasteiger partial charge in [0.2, 0.25) is 0 Å². The van der Waals surface area contributed by atoms with Crippen LogP contribution in [0.4, 0.5) is 4.39 Å². The zero-order valence-electron chi connectivity index (χ0n) is 11.0. The predicted octanol–water partition coefficient (Wildman–Crippen LogP) is 3.12. The number of nitrogens with two attached hydrogens (primary N) is 1. The Morgan fingerprint density at radius 2 is 1.79 bits per heavy atom. The van der Waals surface area contributed by atoms with Gasteiger partial charge in [0.25, 0.3) is 0 Å². The molecule has 0 amide bonds. The van der Waals surface area contributed by atoms with E-state index in [0.717, 1.165) is 23.3 Å². The summed E-state index contributed by atoms with van der Waals surface area (Å²) in [5, 5.41) is 0. The van der Waals surface area contributed by atoms with E-state index in [1.807, 2.05) is 24.3 Å². The molecule has 0 spiro atoms. The minimum absolute atomic E-state index is 0.168. The van der Waals surface area contributed by atoms with Crippen molar-refractivity contribution in [2.45, 2.75) is 12.3 Å². The van der Waals surface area contributed by atoms with E-state index in [-0.39, 0.29) is 11.7 Å². The molecule has 19 heavy (non-hydrogen) atoms. The Bertz CT molecular complexity index is 525. The lowest BCUT2D eigenvalue weighted by Gasteiger charge is -2.18. The van der Waals surface area contributed by atoms with E-state index >= 15 is 0 Å². The summed E-state index contributed by atoms with van der Waals surface area (Å²) in [7, 11) is 1.66. The van der Waals surface area contributed by atoms with Crippen LogP contribution in [0.25, 0.3) is 0 Å². The SMILES string of the molecule is COc1ccccc1C(CN)Cc1ccc(F)cc1. The average molecular weight is 259 g/mol. The quantitative estimate of drug-likeness (QED) is 0.895. The third kappa shape index (κ3) is 3.32. The van der Waals surface area contributed by atoms with Crippen molar-refractivity contribution in [3.05, 3.63) is 65.5 Å². The van der Waals surface area contributed by atoms with Crippen molar-refractivity contribution in [2.24, 2.45) is 5.73 Å². The van der Waals surface area contributed by atoms with Gasteiger partial charge in [-0.3, -0.25) is 0 Å². The summed E-state index contributed by atoms with van der Waals surface area (Å²) >= 11 is 0. The molecule has 0 aromatic heterocycles. The molecule has 2 aromatic rings. The van der Waals surface area contributed by atoms with E-state index in [1.54, 1.807) is 19.2 Å². The second-order valence-electron chi connectivity index (χ2n) is 4.51. The van der Waals surface area contributed by atoms with Gasteiger partial charge in [-0.15, -0.1) is 0 Å². The summed E-state index contributed by atoms with van der Waals surface area (Å²) in [6, 6.07) is 14.4. The van der Waals surface area contributed by atoms with Crippen molar-refractivity contribution in [2.75, 3.05) is 13.7 Å². The topological polar surface area (TPSA) is 35.2 Å². The van der Waals surface area contributed by atoms with Gasteiger partial charge >= 0.3 is 0 Å². The lowest BCUT2D eigenvalue weighted by molar-refractivity contribution is 0.405. The minimum Gasteiger partial charge on any atom is -0.496 e. The van der Waals surface area contributed by atoms with Crippen LogP contribution in [0, 0.1) is 5.82 Å². The van der Waals surface area contributed by atoms with Crippen LogP contribution >= 0.6 is 0 Å². The fraction of sp³-hybridized carbons (Fsp3) is 0.250. The minimum atomic E-state index is -0.217. The molecule has 0 saturated heterocycles. The van der Waals surface area contributed by atoms with Gasteiger partial charge in [-0.05, 0) is 42.3 Å². The van der Waals surface area contributed by atoms with Crippen LogP contribution in [-0.4, -0.2) is 13.7 Å². The fourth-order valence-electron chi connectivity index (χ4n) is 2.23. The fourth-order valence-corrected chi connectivity index (χ4v) is 2.23. The molecule has 2 nitrogen and oxygen atoms in total. The molecule has 2 N–H and O–H groups in total. The molecule has 2 rings (SSSR count). The van der Waals surface area contributed by atoms with Gasteiger partial charge < -0.3 is 10.5 Å². The Labute approximate surface area is 113 Å². The maximum Gasteiger partial charge on any atom is 0.123 e. The van der Waals surface area contributed by atoms with Crippen LogP contribution < -0.4 is 10.5 Å². The summed E-state index contributed by atoms with van der Waals surface area (Å²) < 4.78 is 18.3. The Balaban J connectivity index is 2.22. The maximum absolute atomic E-state index is 12.9. The molecule has 0 heterocycles. The lowest BCUT2D eigenvalue weighted by atomic mass is 9.91. The van der Waals surface area contributed by atoms with Crippen molar-refractivity contribution in [3.8, 4) is 5.75 Å². The first kappa shape index (κ1) is 13.6. The molecule has 0 fully saturated rings. The van der Waals surface area contributed by atoms with Crippen molar-refractivity contribution in [1.82, 2.24) is 0 Å². The lowest BCUT2D eigenvalue weighted by Crippen LogP contribution is -2.16. The zero-order valence-corrected chi connectivity index (χ0v) is 11.0. The zero-order chi connectivity index (χ0) is 13.7. The van der Waals surface area contributed by atoms with Crippen molar-refractivity contribution in [3.63, 3.8) is 0 Å². The van der Waals surface area contributed by atoms with Crippen LogP contribution in [0.15, 0.2) is 48.5 Å². The van der Waals surface area contributed by atoms with Crippen molar-refractivity contribution < 1.29 is 9.13 Å². The number of para-hydroxylation sites is 1. The van der Waals surface area contributed by atoms with Gasteiger partial charge in [-0.25, -0.2) is 4.39 Å². The molecule has 0 aliphatic carbocycles. The van der Waals surface area contributed by atoms with Crippen LogP contribution in [0.3, 0.4) is 0 Å². The summed E-state index contributed by atoms with van der Waals surface area (Å²) in [6.07, 6.45) is 0.775. The summed E-state index contributed by atoms with van der Waals surface area (Å²) in [6.45, 7) is 0.526. The van der Waals surface area contributed by atoms with E-state index in [4.69, 9.17) is 10.5 Å².